The molecule has 1 saturated carbocycles. The first-order valence-electron chi connectivity index (χ1n) is 8.77. The molecule has 3 rings (SSSR count). The Balaban J connectivity index is 1.46. The van der Waals surface area contributed by atoms with Crippen molar-refractivity contribution >= 4 is 11.8 Å². The monoisotopic (exact) mass is 336 g/mol. The minimum Gasteiger partial charge on any atom is -0.355 e. The van der Waals surface area contributed by atoms with E-state index in [1.54, 1.807) is 12.1 Å². The SMILES string of the molecule is CC(CC(=O)NCC1(c2ccccc2)CC1)NC(=O)c1ccccc1. The van der Waals surface area contributed by atoms with Crippen LogP contribution in [0.5, 0.6) is 0 Å². The second kappa shape index (κ2) is 7.51. The molecule has 0 heterocycles. The third kappa shape index (κ3) is 4.47. The highest BCUT2D eigenvalue weighted by atomic mass is 16.2. The number of amides is 2. The number of benzene rings is 2. The highest BCUT2D eigenvalue weighted by molar-refractivity contribution is 5.94. The lowest BCUT2D eigenvalue weighted by Crippen LogP contribution is -2.39. The molecule has 0 saturated heterocycles. The Bertz CT molecular complexity index is 724. The van der Waals surface area contributed by atoms with Gasteiger partial charge in [0.25, 0.3) is 5.91 Å². The molecule has 4 heteroatoms. The van der Waals surface area contributed by atoms with Crippen LogP contribution in [-0.4, -0.2) is 24.4 Å². The third-order valence-electron chi connectivity index (χ3n) is 4.77. The van der Waals surface area contributed by atoms with E-state index in [2.05, 4.69) is 22.8 Å². The molecule has 2 aromatic carbocycles. The molecule has 4 nitrogen and oxygen atoms in total. The van der Waals surface area contributed by atoms with Crippen LogP contribution in [0.1, 0.15) is 42.1 Å². The van der Waals surface area contributed by atoms with Gasteiger partial charge in [0.15, 0.2) is 0 Å². The predicted molar refractivity (Wildman–Crippen MR) is 98.4 cm³/mol. The molecule has 2 N–H and O–H groups in total. The van der Waals surface area contributed by atoms with Crippen molar-refractivity contribution in [1.82, 2.24) is 10.6 Å². The summed E-state index contributed by atoms with van der Waals surface area (Å²) >= 11 is 0. The Morgan fingerprint density at radius 3 is 2.20 bits per heavy atom. The highest BCUT2D eigenvalue weighted by Gasteiger charge is 2.44. The zero-order chi connectivity index (χ0) is 17.7. The fourth-order valence-electron chi connectivity index (χ4n) is 3.08. The molecule has 1 unspecified atom stereocenters. The quantitative estimate of drug-likeness (QED) is 0.816. The minimum absolute atomic E-state index is 0.0249. The second-order valence-electron chi connectivity index (χ2n) is 6.87. The van der Waals surface area contributed by atoms with Crippen molar-refractivity contribution in [3.8, 4) is 0 Å². The highest BCUT2D eigenvalue weighted by Crippen LogP contribution is 2.47. The molecule has 25 heavy (non-hydrogen) atoms. The molecule has 2 amide bonds. The summed E-state index contributed by atoms with van der Waals surface area (Å²) in [5, 5.41) is 5.91. The number of rotatable bonds is 7. The van der Waals surface area contributed by atoms with Crippen molar-refractivity contribution in [3.05, 3.63) is 71.8 Å². The van der Waals surface area contributed by atoms with Gasteiger partial charge in [0.05, 0.1) is 0 Å². The van der Waals surface area contributed by atoms with Gasteiger partial charge in [0.1, 0.15) is 0 Å². The second-order valence-corrected chi connectivity index (χ2v) is 6.87. The zero-order valence-electron chi connectivity index (χ0n) is 14.5. The van der Waals surface area contributed by atoms with Gasteiger partial charge in [0.2, 0.25) is 5.91 Å². The maximum absolute atomic E-state index is 12.2. The van der Waals surface area contributed by atoms with Gasteiger partial charge in [0, 0.05) is 30.0 Å². The molecule has 130 valence electrons. The molecule has 0 bridgehead atoms. The number of hydrogen-bond donors (Lipinski definition) is 2. The average molecular weight is 336 g/mol. The molecule has 1 atom stereocenters. The minimum atomic E-state index is -0.209. The van der Waals surface area contributed by atoms with E-state index in [1.807, 2.05) is 43.3 Å². The first-order valence-corrected chi connectivity index (χ1v) is 8.77. The van der Waals surface area contributed by atoms with Crippen LogP contribution in [0.2, 0.25) is 0 Å². The smallest absolute Gasteiger partial charge is 0.251 e. The van der Waals surface area contributed by atoms with E-state index in [0.29, 0.717) is 12.1 Å². The van der Waals surface area contributed by atoms with Crippen LogP contribution in [0, 0.1) is 0 Å². The van der Waals surface area contributed by atoms with E-state index in [0.717, 1.165) is 12.8 Å². The summed E-state index contributed by atoms with van der Waals surface area (Å²) in [5.74, 6) is -0.174. The molecule has 1 aliphatic rings. The van der Waals surface area contributed by atoms with E-state index >= 15 is 0 Å². The van der Waals surface area contributed by atoms with Crippen LogP contribution in [0.15, 0.2) is 60.7 Å². The number of nitrogens with one attached hydrogen (secondary N) is 2. The van der Waals surface area contributed by atoms with Crippen molar-refractivity contribution in [1.29, 1.82) is 0 Å². The molecule has 1 aliphatic carbocycles. The lowest BCUT2D eigenvalue weighted by molar-refractivity contribution is -0.121. The van der Waals surface area contributed by atoms with Gasteiger partial charge in [-0.1, -0.05) is 48.5 Å². The van der Waals surface area contributed by atoms with Crippen molar-refractivity contribution < 1.29 is 9.59 Å². The Labute approximate surface area is 148 Å². The molecular weight excluding hydrogens is 312 g/mol. The Morgan fingerprint density at radius 1 is 1.00 bits per heavy atom. The molecule has 0 spiro atoms. The molecule has 0 aliphatic heterocycles. The fraction of sp³-hybridized carbons (Fsp3) is 0.333. The summed E-state index contributed by atoms with van der Waals surface area (Å²) in [4.78, 5) is 24.3. The van der Waals surface area contributed by atoms with E-state index in [4.69, 9.17) is 0 Å². The van der Waals surface area contributed by atoms with Gasteiger partial charge in [-0.2, -0.15) is 0 Å². The van der Waals surface area contributed by atoms with Crippen molar-refractivity contribution in [2.24, 2.45) is 0 Å². The number of carbonyl (C=O) groups is 2. The molecule has 2 aromatic rings. The fourth-order valence-corrected chi connectivity index (χ4v) is 3.08. The maximum atomic E-state index is 12.2. The van der Waals surface area contributed by atoms with Gasteiger partial charge in [-0.25, -0.2) is 0 Å². The van der Waals surface area contributed by atoms with Crippen molar-refractivity contribution in [3.63, 3.8) is 0 Å². The van der Waals surface area contributed by atoms with Crippen LogP contribution in [0.4, 0.5) is 0 Å². The van der Waals surface area contributed by atoms with Crippen LogP contribution < -0.4 is 10.6 Å². The van der Waals surface area contributed by atoms with E-state index in [1.165, 1.54) is 5.56 Å². The van der Waals surface area contributed by atoms with Gasteiger partial charge in [-0.05, 0) is 37.5 Å². The standard InChI is InChI=1S/C21H24N2O2/c1-16(23-20(25)17-8-4-2-5-9-17)14-19(24)22-15-21(12-13-21)18-10-6-3-7-11-18/h2-11,16H,12-15H2,1H3,(H,22,24)(H,23,25). The normalized spacial score (nSPS) is 15.9. The Morgan fingerprint density at radius 2 is 1.60 bits per heavy atom. The van der Waals surface area contributed by atoms with E-state index < -0.39 is 0 Å². The summed E-state index contributed by atoms with van der Waals surface area (Å²) in [6.45, 7) is 2.51. The molecule has 1 fully saturated rings. The van der Waals surface area contributed by atoms with Crippen LogP contribution in [0.3, 0.4) is 0 Å². The predicted octanol–water partition coefficient (Wildman–Crippen LogP) is 3.04. The largest absolute Gasteiger partial charge is 0.355 e. The van der Waals surface area contributed by atoms with E-state index in [-0.39, 0.29) is 29.7 Å². The number of hydrogen-bond acceptors (Lipinski definition) is 2. The van der Waals surface area contributed by atoms with Crippen molar-refractivity contribution in [2.75, 3.05) is 6.54 Å². The molecular formula is C21H24N2O2. The first kappa shape index (κ1) is 17.2. The summed E-state index contributed by atoms with van der Waals surface area (Å²) in [7, 11) is 0. The van der Waals surface area contributed by atoms with Crippen LogP contribution in [0.25, 0.3) is 0 Å². The Kier molecular flexibility index (Phi) is 5.17. The van der Waals surface area contributed by atoms with Gasteiger partial charge in [-0.15, -0.1) is 0 Å². The zero-order valence-corrected chi connectivity index (χ0v) is 14.5. The maximum Gasteiger partial charge on any atom is 0.251 e. The van der Waals surface area contributed by atoms with Crippen LogP contribution >= 0.6 is 0 Å². The van der Waals surface area contributed by atoms with Gasteiger partial charge in [-0.3, -0.25) is 9.59 Å². The summed E-state index contributed by atoms with van der Waals surface area (Å²) < 4.78 is 0. The summed E-state index contributed by atoms with van der Waals surface area (Å²) in [6.07, 6.45) is 2.50. The molecule has 0 radical (unpaired) electrons. The first-order chi connectivity index (χ1) is 12.1. The lowest BCUT2D eigenvalue weighted by Gasteiger charge is -2.18. The number of carbonyl (C=O) groups excluding carboxylic acids is 2. The van der Waals surface area contributed by atoms with Gasteiger partial charge >= 0.3 is 0 Å². The van der Waals surface area contributed by atoms with E-state index in [9.17, 15) is 9.59 Å². The average Bonchev–Trinajstić information content (AvgIpc) is 3.43. The molecule has 0 aromatic heterocycles. The van der Waals surface area contributed by atoms with Gasteiger partial charge < -0.3 is 10.6 Å². The Hall–Kier alpha value is -2.62. The lowest BCUT2D eigenvalue weighted by atomic mass is 9.96. The van der Waals surface area contributed by atoms with Crippen molar-refractivity contribution in [2.45, 2.75) is 37.6 Å². The summed E-state index contributed by atoms with van der Waals surface area (Å²) in [6, 6.07) is 19.2. The summed E-state index contributed by atoms with van der Waals surface area (Å²) in [5.41, 5.74) is 2.00. The third-order valence-corrected chi connectivity index (χ3v) is 4.77. The van der Waals surface area contributed by atoms with Crippen LogP contribution in [-0.2, 0) is 10.2 Å². The topological polar surface area (TPSA) is 58.2 Å².